The van der Waals surface area contributed by atoms with Gasteiger partial charge in [-0.3, -0.25) is 0 Å². The zero-order chi connectivity index (χ0) is 9.80. The van der Waals surface area contributed by atoms with Gasteiger partial charge in [-0.2, -0.15) is 11.8 Å². The van der Waals surface area contributed by atoms with Crippen molar-refractivity contribution in [2.75, 3.05) is 18.1 Å². The van der Waals surface area contributed by atoms with Gasteiger partial charge in [-0.25, -0.2) is 9.97 Å². The van der Waals surface area contributed by atoms with Crippen molar-refractivity contribution in [2.45, 2.75) is 18.8 Å². The number of nitrogens with two attached hydrogens (primary N) is 1. The van der Waals surface area contributed by atoms with Crippen LogP contribution in [0.5, 0.6) is 0 Å². The Morgan fingerprint density at radius 1 is 1.43 bits per heavy atom. The Labute approximate surface area is 88.5 Å². The third-order valence-corrected chi connectivity index (χ3v) is 3.66. The van der Waals surface area contributed by atoms with Gasteiger partial charge in [-0.1, -0.05) is 0 Å². The van der Waals surface area contributed by atoms with E-state index < -0.39 is 0 Å². The quantitative estimate of drug-likeness (QED) is 0.812. The summed E-state index contributed by atoms with van der Waals surface area (Å²) in [6.45, 7) is 0.624. The monoisotopic (exact) mass is 209 g/mol. The van der Waals surface area contributed by atoms with Crippen LogP contribution in [0.2, 0.25) is 0 Å². The molecule has 0 saturated carbocycles. The second-order valence-electron chi connectivity index (χ2n) is 3.53. The molecule has 76 valence electrons. The maximum Gasteiger partial charge on any atom is 0.129 e. The average molecular weight is 209 g/mol. The standard InChI is InChI=1S/C10H15N3S/c11-3-1-10-12-5-9(6-13-10)8-2-4-14-7-8/h5-6,8H,1-4,7,11H2. The van der Waals surface area contributed by atoms with Gasteiger partial charge in [0.15, 0.2) is 0 Å². The van der Waals surface area contributed by atoms with Crippen molar-refractivity contribution in [3.8, 4) is 0 Å². The number of hydrogen-bond acceptors (Lipinski definition) is 4. The number of aromatic nitrogens is 2. The first kappa shape index (κ1) is 9.93. The smallest absolute Gasteiger partial charge is 0.129 e. The van der Waals surface area contributed by atoms with E-state index in [0.717, 1.165) is 12.2 Å². The molecule has 14 heavy (non-hydrogen) atoms. The Hall–Kier alpha value is -0.610. The number of thioether (sulfide) groups is 1. The summed E-state index contributed by atoms with van der Waals surface area (Å²) in [6, 6.07) is 0. The molecule has 2 heterocycles. The van der Waals surface area contributed by atoms with Crippen LogP contribution in [-0.4, -0.2) is 28.0 Å². The molecule has 0 radical (unpaired) electrons. The van der Waals surface area contributed by atoms with Gasteiger partial charge in [0, 0.05) is 24.6 Å². The topological polar surface area (TPSA) is 51.8 Å². The lowest BCUT2D eigenvalue weighted by molar-refractivity contribution is 0.758. The zero-order valence-corrected chi connectivity index (χ0v) is 8.96. The van der Waals surface area contributed by atoms with Crippen molar-refractivity contribution in [2.24, 2.45) is 5.73 Å². The minimum atomic E-state index is 0.624. The van der Waals surface area contributed by atoms with Crippen molar-refractivity contribution in [1.82, 2.24) is 9.97 Å². The first-order valence-electron chi connectivity index (χ1n) is 4.99. The highest BCUT2D eigenvalue weighted by atomic mass is 32.2. The molecule has 1 aromatic rings. The largest absolute Gasteiger partial charge is 0.330 e. The maximum atomic E-state index is 5.44. The molecule has 0 aromatic carbocycles. The molecule has 0 amide bonds. The van der Waals surface area contributed by atoms with E-state index in [2.05, 4.69) is 9.97 Å². The molecule has 0 aliphatic carbocycles. The Morgan fingerprint density at radius 3 is 2.79 bits per heavy atom. The van der Waals surface area contributed by atoms with E-state index >= 15 is 0 Å². The maximum absolute atomic E-state index is 5.44. The summed E-state index contributed by atoms with van der Waals surface area (Å²) in [5, 5.41) is 0. The van der Waals surface area contributed by atoms with Crippen LogP contribution in [-0.2, 0) is 6.42 Å². The van der Waals surface area contributed by atoms with Gasteiger partial charge in [0.1, 0.15) is 5.82 Å². The predicted octanol–water partition coefficient (Wildman–Crippen LogP) is 1.20. The van der Waals surface area contributed by atoms with E-state index in [4.69, 9.17) is 5.73 Å². The van der Waals surface area contributed by atoms with Gasteiger partial charge in [0.2, 0.25) is 0 Å². The molecule has 1 unspecified atom stereocenters. The third kappa shape index (κ3) is 2.25. The molecular weight excluding hydrogens is 194 g/mol. The molecule has 0 spiro atoms. The molecule has 1 aromatic heterocycles. The van der Waals surface area contributed by atoms with Crippen molar-refractivity contribution >= 4 is 11.8 Å². The van der Waals surface area contributed by atoms with Crippen LogP contribution in [0.4, 0.5) is 0 Å². The molecule has 3 nitrogen and oxygen atoms in total. The Balaban J connectivity index is 2.05. The number of hydrogen-bond donors (Lipinski definition) is 1. The molecule has 4 heteroatoms. The first-order chi connectivity index (χ1) is 6.90. The van der Waals surface area contributed by atoms with Crippen LogP contribution >= 0.6 is 11.8 Å². The fourth-order valence-corrected chi connectivity index (χ4v) is 2.89. The van der Waals surface area contributed by atoms with Crippen LogP contribution in [0.25, 0.3) is 0 Å². The molecule has 1 fully saturated rings. The van der Waals surface area contributed by atoms with E-state index in [0.29, 0.717) is 12.5 Å². The van der Waals surface area contributed by atoms with E-state index in [9.17, 15) is 0 Å². The SMILES string of the molecule is NCCc1ncc(C2CCSC2)cn1. The van der Waals surface area contributed by atoms with Crippen LogP contribution in [0.1, 0.15) is 23.7 Å². The van der Waals surface area contributed by atoms with Gasteiger partial charge in [0.05, 0.1) is 0 Å². The van der Waals surface area contributed by atoms with Gasteiger partial charge in [-0.05, 0) is 30.2 Å². The summed E-state index contributed by atoms with van der Waals surface area (Å²) in [6.07, 6.45) is 5.98. The molecular formula is C10H15N3S. The van der Waals surface area contributed by atoms with Gasteiger partial charge in [0.25, 0.3) is 0 Å². The summed E-state index contributed by atoms with van der Waals surface area (Å²) in [4.78, 5) is 8.63. The first-order valence-corrected chi connectivity index (χ1v) is 6.14. The fourth-order valence-electron chi connectivity index (χ4n) is 1.63. The van der Waals surface area contributed by atoms with E-state index in [1.165, 1.54) is 23.5 Å². The summed E-state index contributed by atoms with van der Waals surface area (Å²) in [5.74, 6) is 4.03. The minimum Gasteiger partial charge on any atom is -0.330 e. The molecule has 1 aliphatic heterocycles. The Bertz CT molecular complexity index is 280. The second-order valence-corrected chi connectivity index (χ2v) is 4.68. The highest BCUT2D eigenvalue weighted by Crippen LogP contribution is 2.31. The van der Waals surface area contributed by atoms with Gasteiger partial charge >= 0.3 is 0 Å². The van der Waals surface area contributed by atoms with Crippen LogP contribution in [0.15, 0.2) is 12.4 Å². The summed E-state index contributed by atoms with van der Waals surface area (Å²) < 4.78 is 0. The number of nitrogens with zero attached hydrogens (tertiary/aromatic N) is 2. The van der Waals surface area contributed by atoms with Crippen molar-refractivity contribution in [3.05, 3.63) is 23.8 Å². The molecule has 1 atom stereocenters. The summed E-state index contributed by atoms with van der Waals surface area (Å²) in [7, 11) is 0. The van der Waals surface area contributed by atoms with Crippen LogP contribution < -0.4 is 5.73 Å². The predicted molar refractivity (Wildman–Crippen MR) is 59.5 cm³/mol. The van der Waals surface area contributed by atoms with Gasteiger partial charge < -0.3 is 5.73 Å². The van der Waals surface area contributed by atoms with E-state index in [-0.39, 0.29) is 0 Å². The van der Waals surface area contributed by atoms with Gasteiger partial charge in [-0.15, -0.1) is 0 Å². The molecule has 0 bridgehead atoms. The summed E-state index contributed by atoms with van der Waals surface area (Å²) in [5.41, 5.74) is 6.73. The highest BCUT2D eigenvalue weighted by molar-refractivity contribution is 7.99. The van der Waals surface area contributed by atoms with Crippen molar-refractivity contribution in [3.63, 3.8) is 0 Å². The summed E-state index contributed by atoms with van der Waals surface area (Å²) >= 11 is 2.02. The van der Waals surface area contributed by atoms with E-state index in [1.807, 2.05) is 24.2 Å². The second kappa shape index (κ2) is 4.75. The molecule has 1 aliphatic rings. The minimum absolute atomic E-state index is 0.624. The molecule has 1 saturated heterocycles. The fraction of sp³-hybridized carbons (Fsp3) is 0.600. The molecule has 2 rings (SSSR count). The lowest BCUT2D eigenvalue weighted by Crippen LogP contribution is -2.07. The lowest BCUT2D eigenvalue weighted by Gasteiger charge is -2.07. The molecule has 2 N–H and O–H groups in total. The zero-order valence-electron chi connectivity index (χ0n) is 8.15. The Morgan fingerprint density at radius 2 is 2.21 bits per heavy atom. The number of rotatable bonds is 3. The van der Waals surface area contributed by atoms with Crippen LogP contribution in [0.3, 0.4) is 0 Å². The normalized spacial score (nSPS) is 21.4. The van der Waals surface area contributed by atoms with Crippen molar-refractivity contribution in [1.29, 1.82) is 0 Å². The third-order valence-electron chi connectivity index (χ3n) is 2.49. The van der Waals surface area contributed by atoms with E-state index in [1.54, 1.807) is 0 Å². The highest BCUT2D eigenvalue weighted by Gasteiger charge is 2.17. The average Bonchev–Trinajstić information content (AvgIpc) is 2.72. The van der Waals surface area contributed by atoms with Crippen molar-refractivity contribution < 1.29 is 0 Å². The van der Waals surface area contributed by atoms with Crippen LogP contribution in [0, 0.1) is 0 Å². The lowest BCUT2D eigenvalue weighted by atomic mass is 10.0. The Kier molecular flexibility index (Phi) is 3.37.